The van der Waals surface area contributed by atoms with Gasteiger partial charge in [-0.1, -0.05) is 6.07 Å². The predicted octanol–water partition coefficient (Wildman–Crippen LogP) is 4.21. The lowest BCUT2D eigenvalue weighted by molar-refractivity contribution is 0.00397. The molecule has 1 saturated heterocycles. The number of aryl methyl sites for hydroxylation is 2. The number of nitrogens with one attached hydrogen (secondary N) is 2. The van der Waals surface area contributed by atoms with Crippen molar-refractivity contribution >= 4 is 23.1 Å². The fourth-order valence-corrected chi connectivity index (χ4v) is 4.24. The molecule has 36 heavy (non-hydrogen) atoms. The van der Waals surface area contributed by atoms with Crippen LogP contribution in [0.3, 0.4) is 0 Å². The van der Waals surface area contributed by atoms with E-state index in [0.29, 0.717) is 41.4 Å². The highest BCUT2D eigenvalue weighted by atomic mass is 16.5. The molecule has 0 spiro atoms. The molecule has 1 aliphatic heterocycles. The van der Waals surface area contributed by atoms with Crippen LogP contribution in [0.25, 0.3) is 11.4 Å². The maximum atomic E-state index is 5.84. The van der Waals surface area contributed by atoms with Gasteiger partial charge in [-0.25, -0.2) is 29.6 Å². The summed E-state index contributed by atoms with van der Waals surface area (Å²) >= 11 is 0. The summed E-state index contributed by atoms with van der Waals surface area (Å²) in [5, 5.41) is 11.2. The average molecular weight is 488 g/mol. The number of anilines is 4. The number of rotatable bonds is 8. The molecule has 1 aliphatic rings. The van der Waals surface area contributed by atoms with Gasteiger partial charge in [-0.05, 0) is 45.2 Å². The van der Waals surface area contributed by atoms with Crippen molar-refractivity contribution in [1.82, 2.24) is 34.7 Å². The number of benzene rings is 1. The molecule has 0 radical (unpaired) electrons. The monoisotopic (exact) mass is 487 g/mol. The summed E-state index contributed by atoms with van der Waals surface area (Å²) in [5.74, 6) is 3.77. The fourth-order valence-electron chi connectivity index (χ4n) is 4.24. The summed E-state index contributed by atoms with van der Waals surface area (Å²) in [6.45, 7) is 5.28. The normalized spacial score (nSPS) is 15.5. The van der Waals surface area contributed by atoms with Crippen LogP contribution >= 0.6 is 0 Å². The molecule has 3 aromatic heterocycles. The Morgan fingerprint density at radius 3 is 2.67 bits per heavy atom. The number of methoxy groups -OCH3 is 1. The third-order valence-electron chi connectivity index (χ3n) is 5.81. The van der Waals surface area contributed by atoms with E-state index in [1.54, 1.807) is 19.5 Å². The van der Waals surface area contributed by atoms with E-state index in [4.69, 9.17) is 9.47 Å². The molecule has 0 aliphatic carbocycles. The standard InChI is InChI=1S/C25H29N9O2/c1-16-11-23(30-17(2)29-16)32-22-12-21(26-14-27-22)31-20-9-6-8-19(24(20)35-3)25-28-15-34(33-25)13-18-7-4-5-10-36-18/h6,8-9,11-12,14-15,18H,4-5,7,10,13H2,1-3H3,(H2,26,27,29,30,31,32). The van der Waals surface area contributed by atoms with Crippen molar-refractivity contribution < 1.29 is 9.47 Å². The zero-order chi connectivity index (χ0) is 24.9. The molecule has 0 saturated carbocycles. The number of ether oxygens (including phenoxy) is 2. The number of hydrogen-bond acceptors (Lipinski definition) is 10. The van der Waals surface area contributed by atoms with Gasteiger partial charge in [0.2, 0.25) is 0 Å². The lowest BCUT2D eigenvalue weighted by Gasteiger charge is -2.22. The van der Waals surface area contributed by atoms with Gasteiger partial charge in [0.25, 0.3) is 0 Å². The van der Waals surface area contributed by atoms with E-state index in [0.717, 1.165) is 36.4 Å². The molecule has 1 fully saturated rings. The van der Waals surface area contributed by atoms with Crippen molar-refractivity contribution in [3.63, 3.8) is 0 Å². The van der Waals surface area contributed by atoms with Crippen LogP contribution in [-0.4, -0.2) is 54.5 Å². The fraction of sp³-hybridized carbons (Fsp3) is 0.360. The van der Waals surface area contributed by atoms with E-state index in [9.17, 15) is 0 Å². The second kappa shape index (κ2) is 10.6. The SMILES string of the molecule is COc1c(Nc2cc(Nc3cc(C)nc(C)n3)ncn2)cccc1-c1ncn(CC2CCCCO2)n1. The summed E-state index contributed by atoms with van der Waals surface area (Å²) in [7, 11) is 1.63. The minimum atomic E-state index is 0.180. The molecule has 5 rings (SSSR count). The van der Waals surface area contributed by atoms with Crippen LogP contribution in [0.4, 0.5) is 23.1 Å². The van der Waals surface area contributed by atoms with Gasteiger partial charge in [-0.15, -0.1) is 0 Å². The Hall–Kier alpha value is -4.12. The maximum absolute atomic E-state index is 5.84. The van der Waals surface area contributed by atoms with Crippen molar-refractivity contribution in [2.24, 2.45) is 0 Å². The smallest absolute Gasteiger partial charge is 0.184 e. The largest absolute Gasteiger partial charge is 0.494 e. The van der Waals surface area contributed by atoms with Gasteiger partial charge in [0, 0.05) is 24.4 Å². The maximum Gasteiger partial charge on any atom is 0.184 e. The van der Waals surface area contributed by atoms with E-state index >= 15 is 0 Å². The van der Waals surface area contributed by atoms with Gasteiger partial charge in [0.05, 0.1) is 31.0 Å². The first-order valence-corrected chi connectivity index (χ1v) is 11.9. The summed E-state index contributed by atoms with van der Waals surface area (Å²) < 4.78 is 13.4. The third-order valence-corrected chi connectivity index (χ3v) is 5.81. The Bertz CT molecular complexity index is 1310. The first-order valence-electron chi connectivity index (χ1n) is 11.9. The molecule has 1 unspecified atom stereocenters. The quantitative estimate of drug-likeness (QED) is 0.373. The Kier molecular flexibility index (Phi) is 6.99. The van der Waals surface area contributed by atoms with Crippen LogP contribution in [0.15, 0.2) is 43.0 Å². The van der Waals surface area contributed by atoms with Crippen molar-refractivity contribution in [2.45, 2.75) is 45.8 Å². The summed E-state index contributed by atoms with van der Waals surface area (Å²) in [4.78, 5) is 21.9. The van der Waals surface area contributed by atoms with Crippen LogP contribution < -0.4 is 15.4 Å². The number of nitrogens with zero attached hydrogens (tertiary/aromatic N) is 7. The zero-order valence-electron chi connectivity index (χ0n) is 20.6. The Balaban J connectivity index is 1.35. The minimum absolute atomic E-state index is 0.180. The van der Waals surface area contributed by atoms with Gasteiger partial charge < -0.3 is 20.1 Å². The highest BCUT2D eigenvalue weighted by molar-refractivity contribution is 5.77. The van der Waals surface area contributed by atoms with Crippen LogP contribution in [0.5, 0.6) is 5.75 Å². The summed E-state index contributed by atoms with van der Waals surface area (Å²) in [6.07, 6.45) is 6.76. The molecule has 0 bridgehead atoms. The first kappa shape index (κ1) is 23.6. The number of hydrogen-bond donors (Lipinski definition) is 2. The lowest BCUT2D eigenvalue weighted by atomic mass is 10.1. The molecule has 11 nitrogen and oxygen atoms in total. The van der Waals surface area contributed by atoms with Gasteiger partial charge in [0.15, 0.2) is 11.6 Å². The Morgan fingerprint density at radius 1 is 1.03 bits per heavy atom. The van der Waals surface area contributed by atoms with Crippen LogP contribution in [0.1, 0.15) is 30.8 Å². The first-order chi connectivity index (χ1) is 17.6. The molecule has 4 heterocycles. The van der Waals surface area contributed by atoms with Crippen molar-refractivity contribution in [3.05, 3.63) is 54.5 Å². The minimum Gasteiger partial charge on any atom is -0.494 e. The molecule has 186 valence electrons. The van der Waals surface area contributed by atoms with Gasteiger partial charge in [-0.3, -0.25) is 0 Å². The zero-order valence-corrected chi connectivity index (χ0v) is 20.6. The van der Waals surface area contributed by atoms with Crippen LogP contribution in [-0.2, 0) is 11.3 Å². The summed E-state index contributed by atoms with van der Waals surface area (Å²) in [6, 6.07) is 9.45. The molecule has 0 amide bonds. The molecule has 1 atom stereocenters. The van der Waals surface area contributed by atoms with Gasteiger partial charge in [-0.2, -0.15) is 5.10 Å². The van der Waals surface area contributed by atoms with Crippen LogP contribution in [0, 0.1) is 13.8 Å². The van der Waals surface area contributed by atoms with Crippen LogP contribution in [0.2, 0.25) is 0 Å². The van der Waals surface area contributed by atoms with E-state index < -0.39 is 0 Å². The predicted molar refractivity (Wildman–Crippen MR) is 136 cm³/mol. The van der Waals surface area contributed by atoms with Crippen molar-refractivity contribution in [3.8, 4) is 17.1 Å². The van der Waals surface area contributed by atoms with E-state index in [1.165, 1.54) is 12.7 Å². The van der Waals surface area contributed by atoms with Gasteiger partial charge in [0.1, 0.15) is 35.9 Å². The molecule has 2 N–H and O–H groups in total. The Morgan fingerprint density at radius 2 is 1.89 bits per heavy atom. The molecule has 1 aromatic carbocycles. The lowest BCUT2D eigenvalue weighted by Crippen LogP contribution is -2.24. The average Bonchev–Trinajstić information content (AvgIpc) is 3.32. The topological polar surface area (TPSA) is 125 Å². The van der Waals surface area contributed by atoms with Crippen molar-refractivity contribution in [1.29, 1.82) is 0 Å². The number of para-hydroxylation sites is 1. The third kappa shape index (κ3) is 5.57. The molecular formula is C25H29N9O2. The molecular weight excluding hydrogens is 458 g/mol. The highest BCUT2D eigenvalue weighted by Gasteiger charge is 2.18. The Labute approximate surface area is 209 Å². The highest BCUT2D eigenvalue weighted by Crippen LogP contribution is 2.36. The van der Waals surface area contributed by atoms with Crippen molar-refractivity contribution in [2.75, 3.05) is 24.4 Å². The van der Waals surface area contributed by atoms with Gasteiger partial charge >= 0.3 is 0 Å². The molecule has 11 heteroatoms. The second-order valence-corrected chi connectivity index (χ2v) is 8.65. The van der Waals surface area contributed by atoms with E-state index in [2.05, 4.69) is 40.7 Å². The molecule has 4 aromatic rings. The number of aromatic nitrogens is 7. The van der Waals surface area contributed by atoms with E-state index in [-0.39, 0.29) is 6.10 Å². The van der Waals surface area contributed by atoms with E-state index in [1.807, 2.05) is 42.8 Å². The second-order valence-electron chi connectivity index (χ2n) is 8.65. The summed E-state index contributed by atoms with van der Waals surface area (Å²) in [5.41, 5.74) is 2.40.